The van der Waals surface area contributed by atoms with E-state index in [9.17, 15) is 14.0 Å². The maximum absolute atomic E-state index is 13.9. The van der Waals surface area contributed by atoms with Crippen molar-refractivity contribution in [1.82, 2.24) is 4.90 Å². The normalized spacial score (nSPS) is 15.4. The Morgan fingerprint density at radius 3 is 2.34 bits per heavy atom. The highest BCUT2D eigenvalue weighted by molar-refractivity contribution is 9.10. The Labute approximate surface area is 193 Å². The van der Waals surface area contributed by atoms with Crippen LogP contribution in [-0.2, 0) is 4.79 Å². The summed E-state index contributed by atoms with van der Waals surface area (Å²) < 4.78 is 25.3. The van der Waals surface area contributed by atoms with E-state index in [1.54, 1.807) is 36.4 Å². The van der Waals surface area contributed by atoms with Gasteiger partial charge in [-0.05, 0) is 48.0 Å². The Balaban J connectivity index is 1.94. The molecule has 0 bridgehead atoms. The van der Waals surface area contributed by atoms with Crippen LogP contribution in [0.5, 0.6) is 11.5 Å². The van der Waals surface area contributed by atoms with E-state index in [-0.39, 0.29) is 18.0 Å². The second-order valence-electron chi connectivity index (χ2n) is 7.20. The van der Waals surface area contributed by atoms with Crippen molar-refractivity contribution in [2.45, 2.75) is 6.04 Å². The number of fused-ring (bicyclic) bond motifs is 1. The predicted molar refractivity (Wildman–Crippen MR) is 122 cm³/mol. The summed E-state index contributed by atoms with van der Waals surface area (Å²) in [5.74, 6) is -0.537. The topological polar surface area (TPSA) is 67.9 Å². The summed E-state index contributed by atoms with van der Waals surface area (Å²) in [6.07, 6.45) is 0. The lowest BCUT2D eigenvalue weighted by atomic mass is 9.95. The van der Waals surface area contributed by atoms with Crippen LogP contribution in [0, 0.1) is 5.82 Å². The maximum Gasteiger partial charge on any atom is 0.262 e. The van der Waals surface area contributed by atoms with Crippen molar-refractivity contribution in [1.29, 1.82) is 0 Å². The molecule has 4 rings (SSSR count). The smallest absolute Gasteiger partial charge is 0.262 e. The van der Waals surface area contributed by atoms with E-state index in [4.69, 9.17) is 9.47 Å². The minimum Gasteiger partial charge on any atom is -0.496 e. The Kier molecular flexibility index (Phi) is 6.14. The SMILES string of the molecule is COc1cccc(OC)c1C(=O)N1CC(=O)Nc2ccc(Br)cc2C1c1ccc(F)cc1. The van der Waals surface area contributed by atoms with Crippen LogP contribution in [0.1, 0.15) is 27.5 Å². The van der Waals surface area contributed by atoms with Crippen LogP contribution >= 0.6 is 15.9 Å². The summed E-state index contributed by atoms with van der Waals surface area (Å²) in [6.45, 7) is -0.214. The van der Waals surface area contributed by atoms with Gasteiger partial charge < -0.3 is 19.7 Å². The van der Waals surface area contributed by atoms with Crippen molar-refractivity contribution >= 4 is 33.4 Å². The first-order chi connectivity index (χ1) is 15.4. The molecule has 0 aromatic heterocycles. The number of carbonyl (C=O) groups is 2. The molecule has 1 atom stereocenters. The molecule has 0 saturated heterocycles. The molecule has 0 radical (unpaired) electrons. The second-order valence-corrected chi connectivity index (χ2v) is 8.12. The van der Waals surface area contributed by atoms with Gasteiger partial charge in [-0.1, -0.05) is 34.1 Å². The lowest BCUT2D eigenvalue weighted by Gasteiger charge is -2.31. The van der Waals surface area contributed by atoms with Crippen molar-refractivity contribution in [2.75, 3.05) is 26.1 Å². The minimum atomic E-state index is -0.663. The molecule has 0 fully saturated rings. The zero-order chi connectivity index (χ0) is 22.8. The number of halogens is 2. The van der Waals surface area contributed by atoms with Gasteiger partial charge in [-0.25, -0.2) is 4.39 Å². The maximum atomic E-state index is 13.9. The Morgan fingerprint density at radius 1 is 1.06 bits per heavy atom. The van der Waals surface area contributed by atoms with Crippen molar-refractivity contribution in [3.8, 4) is 11.5 Å². The third-order valence-corrected chi connectivity index (χ3v) is 5.79. The second kappa shape index (κ2) is 9.00. The average Bonchev–Trinajstić information content (AvgIpc) is 2.94. The predicted octanol–water partition coefficient (Wildman–Crippen LogP) is 4.79. The van der Waals surface area contributed by atoms with Gasteiger partial charge in [0.25, 0.3) is 5.91 Å². The fourth-order valence-electron chi connectivity index (χ4n) is 3.88. The molecule has 3 aromatic rings. The highest BCUT2D eigenvalue weighted by Crippen LogP contribution is 2.40. The van der Waals surface area contributed by atoms with Crippen LogP contribution in [0.25, 0.3) is 0 Å². The van der Waals surface area contributed by atoms with Gasteiger partial charge in [0.1, 0.15) is 29.4 Å². The summed E-state index contributed by atoms with van der Waals surface area (Å²) in [7, 11) is 2.93. The number of rotatable bonds is 4. The number of amides is 2. The summed E-state index contributed by atoms with van der Waals surface area (Å²) in [5.41, 5.74) is 2.13. The molecule has 1 aliphatic rings. The van der Waals surface area contributed by atoms with E-state index in [1.165, 1.54) is 31.3 Å². The van der Waals surface area contributed by atoms with Gasteiger partial charge in [0.2, 0.25) is 5.91 Å². The van der Waals surface area contributed by atoms with Gasteiger partial charge in [-0.15, -0.1) is 0 Å². The fraction of sp³-hybridized carbons (Fsp3) is 0.167. The van der Waals surface area contributed by atoms with Crippen LogP contribution in [0.4, 0.5) is 10.1 Å². The van der Waals surface area contributed by atoms with Gasteiger partial charge in [-0.3, -0.25) is 9.59 Å². The van der Waals surface area contributed by atoms with Gasteiger partial charge in [0.05, 0.1) is 20.3 Å². The summed E-state index contributed by atoms with van der Waals surface area (Å²) in [6, 6.07) is 15.7. The highest BCUT2D eigenvalue weighted by atomic mass is 79.9. The van der Waals surface area contributed by atoms with Crippen LogP contribution in [0.3, 0.4) is 0 Å². The van der Waals surface area contributed by atoms with Crippen LogP contribution in [0.2, 0.25) is 0 Å². The van der Waals surface area contributed by atoms with Crippen molar-refractivity contribution < 1.29 is 23.5 Å². The molecule has 32 heavy (non-hydrogen) atoms. The molecule has 0 saturated carbocycles. The summed E-state index contributed by atoms with van der Waals surface area (Å²) >= 11 is 3.47. The number of carbonyl (C=O) groups excluding carboxylic acids is 2. The summed E-state index contributed by atoms with van der Waals surface area (Å²) in [5, 5.41) is 2.86. The third-order valence-electron chi connectivity index (χ3n) is 5.30. The largest absolute Gasteiger partial charge is 0.496 e. The molecule has 6 nitrogen and oxygen atoms in total. The molecule has 0 aliphatic carbocycles. The van der Waals surface area contributed by atoms with Crippen molar-refractivity contribution in [2.24, 2.45) is 0 Å². The molecule has 0 spiro atoms. The average molecular weight is 499 g/mol. The standard InChI is InChI=1S/C24H20BrFN2O4/c1-31-19-4-3-5-20(32-2)22(19)24(30)28-13-21(29)27-18-11-8-15(25)12-17(18)23(28)14-6-9-16(26)10-7-14/h3-12,23H,13H2,1-2H3,(H,27,29). The molecular weight excluding hydrogens is 479 g/mol. The van der Waals surface area contributed by atoms with Gasteiger partial charge in [0.15, 0.2) is 0 Å². The van der Waals surface area contributed by atoms with E-state index in [0.29, 0.717) is 28.3 Å². The molecule has 3 aromatic carbocycles. The van der Waals surface area contributed by atoms with Crippen molar-refractivity contribution in [3.63, 3.8) is 0 Å². The van der Waals surface area contributed by atoms with E-state index in [2.05, 4.69) is 21.2 Å². The quantitative estimate of drug-likeness (QED) is 0.561. The Hall–Kier alpha value is -3.39. The van der Waals surface area contributed by atoms with Crippen LogP contribution in [-0.4, -0.2) is 37.5 Å². The number of hydrogen-bond acceptors (Lipinski definition) is 4. The van der Waals surface area contributed by atoms with Crippen LogP contribution in [0.15, 0.2) is 65.1 Å². The lowest BCUT2D eigenvalue weighted by molar-refractivity contribution is -0.117. The van der Waals surface area contributed by atoms with Gasteiger partial charge in [-0.2, -0.15) is 0 Å². The molecule has 1 heterocycles. The number of hydrogen-bond donors (Lipinski definition) is 1. The first kappa shape index (κ1) is 21.8. The molecule has 2 amide bonds. The Bertz CT molecular complexity index is 1160. The molecule has 164 valence electrons. The lowest BCUT2D eigenvalue weighted by Crippen LogP contribution is -2.39. The molecule has 8 heteroatoms. The fourth-order valence-corrected chi connectivity index (χ4v) is 4.26. The molecule has 1 unspecified atom stereocenters. The summed E-state index contributed by atoms with van der Waals surface area (Å²) in [4.78, 5) is 28.1. The number of benzene rings is 3. The molecule has 1 aliphatic heterocycles. The zero-order valence-corrected chi connectivity index (χ0v) is 19.0. The first-order valence-electron chi connectivity index (χ1n) is 9.79. The van der Waals surface area contributed by atoms with E-state index < -0.39 is 17.8 Å². The minimum absolute atomic E-state index is 0.204. The number of methoxy groups -OCH3 is 2. The third kappa shape index (κ3) is 4.05. The van der Waals surface area contributed by atoms with Crippen molar-refractivity contribution in [3.05, 3.63) is 87.6 Å². The first-order valence-corrected chi connectivity index (χ1v) is 10.6. The van der Waals surface area contributed by atoms with Gasteiger partial charge >= 0.3 is 0 Å². The zero-order valence-electron chi connectivity index (χ0n) is 17.4. The highest BCUT2D eigenvalue weighted by Gasteiger charge is 2.36. The Morgan fingerprint density at radius 2 is 1.72 bits per heavy atom. The molecule has 1 N–H and O–H groups in total. The molecular formula is C24H20BrFN2O4. The monoisotopic (exact) mass is 498 g/mol. The number of anilines is 1. The van der Waals surface area contributed by atoms with E-state index >= 15 is 0 Å². The van der Waals surface area contributed by atoms with E-state index in [0.717, 1.165) is 4.47 Å². The number of nitrogens with zero attached hydrogens (tertiary/aromatic N) is 1. The van der Waals surface area contributed by atoms with Crippen LogP contribution < -0.4 is 14.8 Å². The number of ether oxygens (including phenoxy) is 2. The number of nitrogens with one attached hydrogen (secondary N) is 1. The van der Waals surface area contributed by atoms with E-state index in [1.807, 2.05) is 12.1 Å². The van der Waals surface area contributed by atoms with Gasteiger partial charge in [0, 0.05) is 15.7 Å².